The zero-order valence-corrected chi connectivity index (χ0v) is 13.0. The van der Waals surface area contributed by atoms with E-state index in [2.05, 4.69) is 33.2 Å². The molecular weight excluding hydrogens is 330 g/mol. The van der Waals surface area contributed by atoms with Crippen LogP contribution in [0.5, 0.6) is 0 Å². The van der Waals surface area contributed by atoms with Gasteiger partial charge in [0.25, 0.3) is 0 Å². The molecule has 1 fully saturated rings. The van der Waals surface area contributed by atoms with Gasteiger partial charge in [-0.25, -0.2) is 4.98 Å². The summed E-state index contributed by atoms with van der Waals surface area (Å²) in [6, 6.07) is 1.78. The summed E-state index contributed by atoms with van der Waals surface area (Å²) >= 11 is 5.17. The molecule has 19 heavy (non-hydrogen) atoms. The molecule has 0 saturated heterocycles. The number of rotatable bonds is 5. The maximum Gasteiger partial charge on any atom is 0.312 e. The second kappa shape index (κ2) is 6.56. The van der Waals surface area contributed by atoms with Crippen LogP contribution < -0.4 is 5.32 Å². The monoisotopic (exact) mass is 345 g/mol. The third-order valence-corrected chi connectivity index (χ3v) is 4.83. The second-order valence-electron chi connectivity index (χ2n) is 4.51. The number of thioether (sulfide) groups is 1. The summed E-state index contributed by atoms with van der Waals surface area (Å²) in [5.74, 6) is 1.49. The largest absolute Gasteiger partial charge is 0.362 e. The van der Waals surface area contributed by atoms with Gasteiger partial charge in [0.05, 0.1) is 4.92 Å². The van der Waals surface area contributed by atoms with E-state index in [1.807, 2.05) is 11.8 Å². The van der Waals surface area contributed by atoms with E-state index in [0.717, 1.165) is 18.6 Å². The van der Waals surface area contributed by atoms with Crippen LogP contribution in [0.4, 0.5) is 11.5 Å². The maximum absolute atomic E-state index is 11.0. The topological polar surface area (TPSA) is 68.1 Å². The van der Waals surface area contributed by atoms with Gasteiger partial charge in [0, 0.05) is 28.0 Å². The van der Waals surface area contributed by atoms with Crippen molar-refractivity contribution in [1.82, 2.24) is 4.98 Å². The normalized spacial score (nSPS) is 22.4. The molecule has 1 aliphatic carbocycles. The van der Waals surface area contributed by atoms with Crippen LogP contribution in [-0.2, 0) is 0 Å². The van der Waals surface area contributed by atoms with Gasteiger partial charge in [-0.2, -0.15) is 11.8 Å². The Morgan fingerprint density at radius 2 is 2.42 bits per heavy atom. The molecule has 104 valence electrons. The van der Waals surface area contributed by atoms with Gasteiger partial charge < -0.3 is 5.32 Å². The van der Waals surface area contributed by atoms with E-state index in [4.69, 9.17) is 0 Å². The highest BCUT2D eigenvalue weighted by atomic mass is 79.9. The lowest BCUT2D eigenvalue weighted by Crippen LogP contribution is -2.18. The molecule has 1 aliphatic rings. The van der Waals surface area contributed by atoms with Gasteiger partial charge in [0.2, 0.25) is 5.82 Å². The third-order valence-electron chi connectivity index (χ3n) is 3.16. The smallest absolute Gasteiger partial charge is 0.312 e. The summed E-state index contributed by atoms with van der Waals surface area (Å²) in [5, 5.41) is 14.9. The van der Waals surface area contributed by atoms with E-state index in [0.29, 0.717) is 15.5 Å². The van der Waals surface area contributed by atoms with Gasteiger partial charge in [-0.3, -0.25) is 10.1 Å². The van der Waals surface area contributed by atoms with Gasteiger partial charge in [-0.15, -0.1) is 0 Å². The summed E-state index contributed by atoms with van der Waals surface area (Å²) in [7, 11) is 0. The predicted molar refractivity (Wildman–Crippen MR) is 81.8 cm³/mol. The standard InChI is InChI=1S/C12H16BrN3O2S/c1-2-19-10-4-3-9(6-10)15-12-11(16(17)18)5-8(13)7-14-12/h5,7,9-10H,2-4,6H2,1H3,(H,14,15). The van der Waals surface area contributed by atoms with Gasteiger partial charge in [0.1, 0.15) is 0 Å². The minimum Gasteiger partial charge on any atom is -0.362 e. The number of aromatic nitrogens is 1. The Morgan fingerprint density at radius 1 is 1.63 bits per heavy atom. The molecule has 0 aromatic carbocycles. The quantitative estimate of drug-likeness (QED) is 0.648. The van der Waals surface area contributed by atoms with E-state index in [-0.39, 0.29) is 11.7 Å². The van der Waals surface area contributed by atoms with Crippen LogP contribution in [-0.4, -0.2) is 27.0 Å². The molecular formula is C12H16BrN3O2S. The minimum absolute atomic E-state index is 0.0287. The number of nitrogens with one attached hydrogen (secondary N) is 1. The van der Waals surface area contributed by atoms with Crippen LogP contribution in [0.25, 0.3) is 0 Å². The molecule has 2 atom stereocenters. The lowest BCUT2D eigenvalue weighted by atomic mass is 10.2. The highest BCUT2D eigenvalue weighted by Crippen LogP contribution is 2.33. The van der Waals surface area contributed by atoms with Crippen molar-refractivity contribution < 1.29 is 4.92 Å². The fourth-order valence-corrected chi connectivity index (χ4v) is 3.79. The number of nitrogens with zero attached hydrogens (tertiary/aromatic N) is 2. The average molecular weight is 346 g/mol. The molecule has 1 saturated carbocycles. The number of nitro groups is 1. The molecule has 0 spiro atoms. The highest BCUT2D eigenvalue weighted by Gasteiger charge is 2.27. The van der Waals surface area contributed by atoms with E-state index < -0.39 is 4.92 Å². The Kier molecular flexibility index (Phi) is 5.04. The first kappa shape index (κ1) is 14.6. The lowest BCUT2D eigenvalue weighted by Gasteiger charge is -2.13. The van der Waals surface area contributed by atoms with Crippen LogP contribution in [0, 0.1) is 10.1 Å². The number of hydrogen-bond donors (Lipinski definition) is 1. The van der Waals surface area contributed by atoms with Crippen molar-refractivity contribution >= 4 is 39.2 Å². The maximum atomic E-state index is 11.0. The first-order valence-electron chi connectivity index (χ1n) is 6.28. The van der Waals surface area contributed by atoms with Crippen LogP contribution in [0.2, 0.25) is 0 Å². The molecule has 7 heteroatoms. The van der Waals surface area contributed by atoms with Crippen molar-refractivity contribution in [3.63, 3.8) is 0 Å². The van der Waals surface area contributed by atoms with Gasteiger partial charge in [0.15, 0.2) is 0 Å². The summed E-state index contributed by atoms with van der Waals surface area (Å²) in [4.78, 5) is 14.7. The van der Waals surface area contributed by atoms with Crippen LogP contribution in [0.15, 0.2) is 16.7 Å². The fourth-order valence-electron chi connectivity index (χ4n) is 2.33. The van der Waals surface area contributed by atoms with Crippen LogP contribution in [0.1, 0.15) is 26.2 Å². The Labute approximate surface area is 124 Å². The van der Waals surface area contributed by atoms with Crippen molar-refractivity contribution in [2.75, 3.05) is 11.1 Å². The van der Waals surface area contributed by atoms with Gasteiger partial charge >= 0.3 is 5.69 Å². The second-order valence-corrected chi connectivity index (χ2v) is 7.00. The van der Waals surface area contributed by atoms with Gasteiger partial charge in [-0.05, 0) is 40.9 Å². The molecule has 0 bridgehead atoms. The van der Waals surface area contributed by atoms with Crippen LogP contribution in [0.3, 0.4) is 0 Å². The lowest BCUT2D eigenvalue weighted by molar-refractivity contribution is -0.384. The van der Waals surface area contributed by atoms with Gasteiger partial charge in [-0.1, -0.05) is 6.92 Å². The van der Waals surface area contributed by atoms with E-state index >= 15 is 0 Å². The molecule has 0 radical (unpaired) electrons. The van der Waals surface area contributed by atoms with E-state index in [1.165, 1.54) is 12.5 Å². The molecule has 0 amide bonds. The predicted octanol–water partition coefficient (Wildman–Crippen LogP) is 3.84. The first-order chi connectivity index (χ1) is 9.10. The molecule has 2 unspecified atom stereocenters. The summed E-state index contributed by atoms with van der Waals surface area (Å²) in [6.07, 6.45) is 4.85. The highest BCUT2D eigenvalue weighted by molar-refractivity contribution is 9.10. The number of hydrogen-bond acceptors (Lipinski definition) is 5. The average Bonchev–Trinajstić information content (AvgIpc) is 2.79. The summed E-state index contributed by atoms with van der Waals surface area (Å²) in [5.41, 5.74) is 0.0287. The summed E-state index contributed by atoms with van der Waals surface area (Å²) in [6.45, 7) is 2.16. The van der Waals surface area contributed by atoms with Crippen molar-refractivity contribution in [2.45, 2.75) is 37.5 Å². The van der Waals surface area contributed by atoms with Crippen LogP contribution >= 0.6 is 27.7 Å². The third kappa shape index (κ3) is 3.82. The molecule has 1 aromatic heterocycles. The molecule has 1 aromatic rings. The van der Waals surface area contributed by atoms with Crippen molar-refractivity contribution in [1.29, 1.82) is 0 Å². The summed E-state index contributed by atoms with van der Waals surface area (Å²) < 4.78 is 0.621. The Bertz CT molecular complexity index is 472. The molecule has 1 heterocycles. The molecule has 1 N–H and O–H groups in total. The Balaban J connectivity index is 2.05. The Hall–Kier alpha value is -0.820. The van der Waals surface area contributed by atoms with Crippen molar-refractivity contribution in [3.05, 3.63) is 26.9 Å². The zero-order valence-electron chi connectivity index (χ0n) is 10.6. The zero-order chi connectivity index (χ0) is 13.8. The fraction of sp³-hybridized carbons (Fsp3) is 0.583. The molecule has 0 aliphatic heterocycles. The number of anilines is 1. The number of pyridine rings is 1. The van der Waals surface area contributed by atoms with E-state index in [1.54, 1.807) is 6.20 Å². The molecule has 2 rings (SSSR count). The minimum atomic E-state index is -0.396. The van der Waals surface area contributed by atoms with Crippen molar-refractivity contribution in [3.8, 4) is 0 Å². The van der Waals surface area contributed by atoms with E-state index in [9.17, 15) is 10.1 Å². The van der Waals surface area contributed by atoms with Crippen molar-refractivity contribution in [2.24, 2.45) is 0 Å². The SMILES string of the molecule is CCSC1CCC(Nc2ncc(Br)cc2[N+](=O)[O-])C1. The first-order valence-corrected chi connectivity index (χ1v) is 8.12. The number of halogens is 1. The molecule has 5 nitrogen and oxygen atoms in total. The Morgan fingerprint density at radius 3 is 3.11 bits per heavy atom.